The number of benzene rings is 2. The third-order valence-electron chi connectivity index (χ3n) is 3.29. The van der Waals surface area contributed by atoms with Crippen molar-refractivity contribution in [2.75, 3.05) is 5.32 Å². The Labute approximate surface area is 180 Å². The van der Waals surface area contributed by atoms with Crippen LogP contribution in [0.1, 0.15) is 15.9 Å². The molecule has 2 aromatic rings. The molecule has 0 heterocycles. The smallest absolute Gasteiger partial charge is 0.252 e. The van der Waals surface area contributed by atoms with E-state index in [0.29, 0.717) is 5.56 Å². The first-order valence-electron chi connectivity index (χ1n) is 7.42. The van der Waals surface area contributed by atoms with Crippen molar-refractivity contribution in [3.8, 4) is 0 Å². The molecule has 0 aliphatic rings. The van der Waals surface area contributed by atoms with Gasteiger partial charge in [0.25, 0.3) is 5.91 Å². The Kier molecular flexibility index (Phi) is 7.55. The average Bonchev–Trinajstić information content (AvgIpc) is 2.56. The highest BCUT2D eigenvalue weighted by Crippen LogP contribution is 2.29. The van der Waals surface area contributed by atoms with Gasteiger partial charge >= 0.3 is 0 Å². The second-order valence-corrected chi connectivity index (χ2v) is 9.11. The highest BCUT2D eigenvalue weighted by Gasteiger charge is 2.34. The Morgan fingerprint density at radius 3 is 2.15 bits per heavy atom. The van der Waals surface area contributed by atoms with Crippen molar-refractivity contribution in [3.63, 3.8) is 0 Å². The zero-order valence-corrected chi connectivity index (χ0v) is 18.2. The molecule has 2 rings (SSSR count). The highest BCUT2D eigenvalue weighted by atomic mass is 79.9. The summed E-state index contributed by atoms with van der Waals surface area (Å²) in [6.45, 7) is 1.93. The lowest BCUT2D eigenvalue weighted by atomic mass is 10.1. The number of nitrogens with one attached hydrogen (secondary N) is 3. The van der Waals surface area contributed by atoms with Crippen molar-refractivity contribution < 1.29 is 4.79 Å². The van der Waals surface area contributed by atoms with Crippen LogP contribution in [0.15, 0.2) is 53.0 Å². The average molecular weight is 496 g/mol. The molecule has 0 aromatic heterocycles. The number of aryl methyl sites for hydroxylation is 1. The summed E-state index contributed by atoms with van der Waals surface area (Å²) in [4.78, 5) is 12.4. The van der Waals surface area contributed by atoms with Gasteiger partial charge in [-0.2, -0.15) is 0 Å². The molecule has 3 N–H and O–H groups in total. The van der Waals surface area contributed by atoms with E-state index in [1.165, 1.54) is 0 Å². The minimum Gasteiger partial charge on any atom is -0.339 e. The molecule has 2 aromatic carbocycles. The third kappa shape index (κ3) is 6.59. The van der Waals surface area contributed by atoms with Crippen LogP contribution in [0.5, 0.6) is 0 Å². The van der Waals surface area contributed by atoms with E-state index in [-0.39, 0.29) is 11.0 Å². The maximum absolute atomic E-state index is 12.4. The molecule has 9 heteroatoms. The largest absolute Gasteiger partial charge is 0.339 e. The van der Waals surface area contributed by atoms with Crippen LogP contribution in [0.2, 0.25) is 0 Å². The first-order valence-corrected chi connectivity index (χ1v) is 9.76. The van der Waals surface area contributed by atoms with E-state index in [2.05, 4.69) is 31.9 Å². The number of anilines is 1. The number of thiocarbonyl (C=S) groups is 1. The van der Waals surface area contributed by atoms with E-state index in [4.69, 9.17) is 47.0 Å². The van der Waals surface area contributed by atoms with Gasteiger partial charge in [0, 0.05) is 15.7 Å². The summed E-state index contributed by atoms with van der Waals surface area (Å²) in [7, 11) is 0. The Hall–Kier alpha value is -1.05. The molecule has 0 saturated carbocycles. The molecule has 1 atom stereocenters. The Morgan fingerprint density at radius 2 is 1.62 bits per heavy atom. The predicted molar refractivity (Wildman–Crippen MR) is 116 cm³/mol. The van der Waals surface area contributed by atoms with E-state index in [9.17, 15) is 4.79 Å². The minimum absolute atomic E-state index is 0.202. The lowest BCUT2D eigenvalue weighted by Gasteiger charge is -2.27. The summed E-state index contributed by atoms with van der Waals surface area (Å²) in [5.74, 6) is -0.389. The number of carbonyl (C=O) groups excluding carboxylic acids is 1. The van der Waals surface area contributed by atoms with Gasteiger partial charge in [-0.1, -0.05) is 68.4 Å². The molecular formula is C17H15BrCl3N3OS. The molecule has 0 saturated heterocycles. The maximum atomic E-state index is 12.4. The molecule has 0 bridgehead atoms. The SMILES string of the molecule is Cc1ccc(C(=O)N[C@@H](NC(=S)Nc2ccc(Br)cc2)C(Cl)(Cl)Cl)cc1. The number of hydrogen-bond acceptors (Lipinski definition) is 2. The van der Waals surface area contributed by atoms with Crippen LogP contribution in [-0.2, 0) is 0 Å². The van der Waals surface area contributed by atoms with Gasteiger partial charge in [0.1, 0.15) is 6.17 Å². The number of rotatable bonds is 4. The van der Waals surface area contributed by atoms with Gasteiger partial charge < -0.3 is 16.0 Å². The maximum Gasteiger partial charge on any atom is 0.252 e. The molecule has 0 aliphatic carbocycles. The zero-order chi connectivity index (χ0) is 19.3. The number of hydrogen-bond donors (Lipinski definition) is 3. The van der Waals surface area contributed by atoms with Crippen LogP contribution in [-0.4, -0.2) is 21.0 Å². The van der Waals surface area contributed by atoms with Crippen molar-refractivity contribution in [1.29, 1.82) is 0 Å². The van der Waals surface area contributed by atoms with Gasteiger partial charge in [-0.05, 0) is 55.5 Å². The summed E-state index contributed by atoms with van der Waals surface area (Å²) < 4.78 is -0.877. The van der Waals surface area contributed by atoms with Crippen molar-refractivity contribution in [1.82, 2.24) is 10.6 Å². The van der Waals surface area contributed by atoms with Crippen LogP contribution in [0.4, 0.5) is 5.69 Å². The molecule has 0 radical (unpaired) electrons. The third-order valence-corrected chi connectivity index (χ3v) is 4.70. The fraction of sp³-hybridized carbons (Fsp3) is 0.176. The molecule has 1 amide bonds. The lowest BCUT2D eigenvalue weighted by Crippen LogP contribution is -2.56. The first kappa shape index (κ1) is 21.3. The zero-order valence-electron chi connectivity index (χ0n) is 13.5. The van der Waals surface area contributed by atoms with E-state index in [0.717, 1.165) is 15.7 Å². The number of halogens is 4. The fourth-order valence-electron chi connectivity index (χ4n) is 1.95. The van der Waals surface area contributed by atoms with Crippen molar-refractivity contribution in [3.05, 3.63) is 64.1 Å². The van der Waals surface area contributed by atoms with Gasteiger partial charge in [0.05, 0.1) is 0 Å². The number of amides is 1. The van der Waals surface area contributed by atoms with Gasteiger partial charge in [-0.25, -0.2) is 0 Å². The quantitative estimate of drug-likeness (QED) is 0.311. The van der Waals surface area contributed by atoms with E-state index >= 15 is 0 Å². The topological polar surface area (TPSA) is 53.2 Å². The second kappa shape index (κ2) is 9.24. The summed E-state index contributed by atoms with van der Waals surface area (Å²) in [5, 5.41) is 8.62. The van der Waals surface area contributed by atoms with E-state index in [1.54, 1.807) is 12.1 Å². The summed E-state index contributed by atoms with van der Waals surface area (Å²) in [5.41, 5.74) is 2.24. The van der Waals surface area contributed by atoms with Gasteiger partial charge in [0.15, 0.2) is 5.11 Å². The minimum atomic E-state index is -1.81. The standard InChI is InChI=1S/C17H15BrCl3N3OS/c1-10-2-4-11(5-3-10)14(25)23-15(17(19,20)21)24-16(26)22-13-8-6-12(18)7-9-13/h2-9,15H,1H3,(H,23,25)(H2,22,24,26)/t15-/m0/s1. The van der Waals surface area contributed by atoms with Gasteiger partial charge in [-0.3, -0.25) is 4.79 Å². The Bertz CT molecular complexity index is 779. The van der Waals surface area contributed by atoms with Gasteiger partial charge in [-0.15, -0.1) is 0 Å². The van der Waals surface area contributed by atoms with Crippen LogP contribution < -0.4 is 16.0 Å². The summed E-state index contributed by atoms with van der Waals surface area (Å²) in [6.07, 6.45) is -1.03. The fourth-order valence-corrected chi connectivity index (χ4v) is 2.78. The van der Waals surface area contributed by atoms with Gasteiger partial charge in [0.2, 0.25) is 3.79 Å². The molecule has 26 heavy (non-hydrogen) atoms. The molecular weight excluding hydrogens is 481 g/mol. The molecule has 0 aliphatic heterocycles. The molecule has 0 fully saturated rings. The Balaban J connectivity index is 2.04. The summed E-state index contributed by atoms with van der Waals surface area (Å²) in [6, 6.07) is 14.4. The predicted octanol–water partition coefficient (Wildman–Crippen LogP) is 5.17. The van der Waals surface area contributed by atoms with E-state index < -0.39 is 9.96 Å². The molecule has 4 nitrogen and oxygen atoms in total. The monoisotopic (exact) mass is 493 g/mol. The molecule has 138 valence electrons. The second-order valence-electron chi connectivity index (χ2n) is 5.42. The normalized spacial score (nSPS) is 12.2. The highest BCUT2D eigenvalue weighted by molar-refractivity contribution is 9.10. The molecule has 0 unspecified atom stereocenters. The molecule has 0 spiro atoms. The van der Waals surface area contributed by atoms with Crippen LogP contribution >= 0.6 is 63.0 Å². The Morgan fingerprint density at radius 1 is 1.04 bits per heavy atom. The van der Waals surface area contributed by atoms with Crippen LogP contribution in [0.3, 0.4) is 0 Å². The van der Waals surface area contributed by atoms with Crippen LogP contribution in [0, 0.1) is 6.92 Å². The van der Waals surface area contributed by atoms with Crippen molar-refractivity contribution in [2.24, 2.45) is 0 Å². The first-order chi connectivity index (χ1) is 12.1. The lowest BCUT2D eigenvalue weighted by molar-refractivity contribution is 0.0934. The van der Waals surface area contributed by atoms with Crippen molar-refractivity contribution in [2.45, 2.75) is 16.9 Å². The van der Waals surface area contributed by atoms with Crippen molar-refractivity contribution >= 4 is 79.7 Å². The number of alkyl halides is 3. The number of carbonyl (C=O) groups is 1. The summed E-state index contributed by atoms with van der Waals surface area (Å²) >= 11 is 26.5. The van der Waals surface area contributed by atoms with E-state index in [1.807, 2.05) is 43.3 Å². The van der Waals surface area contributed by atoms with Crippen LogP contribution in [0.25, 0.3) is 0 Å².